The van der Waals surface area contributed by atoms with Crippen LogP contribution in [-0.2, 0) is 9.53 Å². The first-order valence-corrected chi connectivity index (χ1v) is 3.80. The molecule has 6 nitrogen and oxygen atoms in total. The molecule has 0 radical (unpaired) electrons. The summed E-state index contributed by atoms with van der Waals surface area (Å²) in [4.78, 5) is 9.82. The first-order chi connectivity index (χ1) is 4.77. The van der Waals surface area contributed by atoms with Gasteiger partial charge in [-0.2, -0.15) is 14.0 Å². The molecule has 0 aliphatic rings. The molecule has 1 N–H and O–H groups in total. The Morgan fingerprint density at radius 1 is 1.55 bits per heavy atom. The van der Waals surface area contributed by atoms with Crippen molar-refractivity contribution in [1.82, 2.24) is 0 Å². The number of ether oxygens (including phenoxy) is 1. The van der Waals surface area contributed by atoms with E-state index in [9.17, 15) is 4.79 Å². The van der Waals surface area contributed by atoms with E-state index in [1.165, 1.54) is 6.92 Å². The highest BCUT2D eigenvalue weighted by Gasteiger charge is 1.98. The molecule has 0 bridgehead atoms. The van der Waals surface area contributed by atoms with Gasteiger partial charge in [0.1, 0.15) is 0 Å². The third kappa shape index (κ3) is 82.0. The van der Waals surface area contributed by atoms with Crippen LogP contribution in [-0.4, -0.2) is 17.2 Å². The van der Waals surface area contributed by atoms with Gasteiger partial charge in [-0.25, -0.2) is 0 Å². The van der Waals surface area contributed by atoms with Gasteiger partial charge in [-0.15, -0.1) is 0 Å². The zero-order chi connectivity index (χ0) is 9.49. The van der Waals surface area contributed by atoms with E-state index in [1.807, 2.05) is 0 Å². The molecule has 11 heavy (non-hydrogen) atoms. The number of esters is 1. The molecule has 0 aliphatic heterocycles. The summed E-state index contributed by atoms with van der Waals surface area (Å²) in [7, 11) is -4.69. The lowest BCUT2D eigenvalue weighted by Gasteiger charge is -2.03. The number of hydrogen-bond donors (Lipinski definition) is 1. The molecule has 7 heteroatoms. The fraction of sp³-hybridized carbons (Fsp3) is 0.750. The largest absolute Gasteiger partial charge is 0.466 e. The molecule has 0 heterocycles. The minimum absolute atomic E-state index is 0.211. The topological polar surface area (TPSA) is 116 Å². The second-order valence-electron chi connectivity index (χ2n) is 1.32. The summed E-state index contributed by atoms with van der Waals surface area (Å²) in [6.45, 7) is 3.65. The highest BCUT2D eigenvalue weighted by Crippen LogP contribution is 1.69. The van der Waals surface area contributed by atoms with E-state index < -0.39 is 10.2 Å². The highest BCUT2D eigenvalue weighted by atomic mass is 35.7. The van der Waals surface area contributed by atoms with Crippen LogP contribution in [0.5, 0.6) is 0 Å². The molecule has 0 aromatic heterocycles. The molecule has 0 spiro atoms. The average Bonchev–Trinajstić information content (AvgIpc) is 1.58. The van der Waals surface area contributed by atoms with Gasteiger partial charge in [0.2, 0.25) is 0 Å². The second-order valence-corrected chi connectivity index (χ2v) is 2.11. The van der Waals surface area contributed by atoms with Crippen molar-refractivity contribution in [3.63, 3.8) is 0 Å². The number of carbonyl (C=O) groups excluding carboxylic acids is 1. The average molecular weight is 189 g/mol. The zero-order valence-electron chi connectivity index (χ0n) is 6.07. The van der Waals surface area contributed by atoms with Crippen molar-refractivity contribution in [1.29, 1.82) is 0 Å². The minimum Gasteiger partial charge on any atom is -0.466 e. The normalized spacial score (nSPS) is 9.64. The fourth-order valence-corrected chi connectivity index (χ4v) is 0.203. The minimum atomic E-state index is -4.69. The molecule has 0 aliphatic carbocycles. The maximum atomic E-state index is 9.82. The van der Waals surface area contributed by atoms with Crippen molar-refractivity contribution >= 4 is 5.97 Å². The summed E-state index contributed by atoms with van der Waals surface area (Å²) in [5.74, 6) is -0.211. The Kier molecular flexibility index (Phi) is 7.59. The first-order valence-electron chi connectivity index (χ1n) is 2.54. The summed E-state index contributed by atoms with van der Waals surface area (Å²) < 4.78 is 37.1. The van der Waals surface area contributed by atoms with Crippen molar-refractivity contribution in [3.05, 3.63) is 0 Å². The van der Waals surface area contributed by atoms with Crippen molar-refractivity contribution < 1.29 is 38.4 Å². The van der Waals surface area contributed by atoms with Gasteiger partial charge in [-0.1, -0.05) is 0 Å². The Labute approximate surface area is 65.8 Å². The molecule has 0 fully saturated rings. The molecule has 0 aromatic rings. The van der Waals surface area contributed by atoms with Crippen molar-refractivity contribution in [2.24, 2.45) is 0 Å². The summed E-state index contributed by atoms with van der Waals surface area (Å²) in [6, 6.07) is 0. The van der Waals surface area contributed by atoms with Gasteiger partial charge in [0.15, 0.2) is 0 Å². The lowest BCUT2D eigenvalue weighted by atomic mass is 10.8. The van der Waals surface area contributed by atoms with Gasteiger partial charge < -0.3 is 4.74 Å². The van der Waals surface area contributed by atoms with E-state index in [-0.39, 0.29) is 5.97 Å². The van der Waals surface area contributed by atoms with Crippen LogP contribution in [0.4, 0.5) is 0 Å². The van der Waals surface area contributed by atoms with E-state index >= 15 is 0 Å². The number of halogens is 1. The van der Waals surface area contributed by atoms with Gasteiger partial charge in [0.05, 0.1) is 21.5 Å². The Hall–Kier alpha value is -0.400. The summed E-state index contributed by atoms with van der Waals surface area (Å²) in [6.07, 6.45) is 0. The maximum Gasteiger partial charge on any atom is 0.302 e. The van der Waals surface area contributed by atoms with Gasteiger partial charge in [0.25, 0.3) is 0 Å². The molecule has 0 amide bonds. The zero-order valence-corrected chi connectivity index (χ0v) is 6.83. The van der Waals surface area contributed by atoms with Crippen LogP contribution >= 0.6 is 0 Å². The van der Waals surface area contributed by atoms with Gasteiger partial charge >= 0.3 is 5.97 Å². The molecule has 0 atom stereocenters. The number of rotatable bonds is 1. The molecule has 68 valence electrons. The number of carbonyl (C=O) groups is 1. The third-order valence-electron chi connectivity index (χ3n) is 0.348. The van der Waals surface area contributed by atoms with Crippen molar-refractivity contribution in [3.8, 4) is 0 Å². The summed E-state index contributed by atoms with van der Waals surface area (Å²) in [5.41, 5.74) is 0. The fourth-order valence-electron chi connectivity index (χ4n) is 0.203. The Bertz CT molecular complexity index is 102. The van der Waals surface area contributed by atoms with Crippen LogP contribution in [0, 0.1) is 10.2 Å². The molecule has 0 aromatic carbocycles. The van der Waals surface area contributed by atoms with Gasteiger partial charge in [-0.3, -0.25) is 4.79 Å². The van der Waals surface area contributed by atoms with Crippen molar-refractivity contribution in [2.45, 2.75) is 13.8 Å². The Balaban J connectivity index is 0. The Morgan fingerprint density at radius 2 is 1.82 bits per heavy atom. The second kappa shape index (κ2) is 6.32. The van der Waals surface area contributed by atoms with Crippen LogP contribution in [0.1, 0.15) is 13.8 Å². The monoisotopic (exact) mass is 188 g/mol. The third-order valence-corrected chi connectivity index (χ3v) is 0.348. The van der Waals surface area contributed by atoms with Crippen LogP contribution in [0.3, 0.4) is 0 Å². The van der Waals surface area contributed by atoms with Crippen LogP contribution in [0.25, 0.3) is 0 Å². The summed E-state index contributed by atoms with van der Waals surface area (Å²) in [5, 5.41) is 0. The predicted octanol–water partition coefficient (Wildman–Crippen LogP) is -3.55. The van der Waals surface area contributed by atoms with E-state index in [0.717, 1.165) is 0 Å². The predicted molar refractivity (Wildman–Crippen MR) is 24.5 cm³/mol. The molecular formula is C4H9ClO6. The van der Waals surface area contributed by atoms with E-state index in [1.54, 1.807) is 6.92 Å². The Morgan fingerprint density at radius 3 is 1.82 bits per heavy atom. The lowest BCUT2D eigenvalue weighted by molar-refractivity contribution is -1.92. The quantitative estimate of drug-likeness (QED) is 0.426. The summed E-state index contributed by atoms with van der Waals surface area (Å²) >= 11 is 0. The highest BCUT2D eigenvalue weighted by molar-refractivity contribution is 5.65. The van der Waals surface area contributed by atoms with E-state index in [4.69, 9.17) is 18.6 Å². The van der Waals surface area contributed by atoms with E-state index in [0.29, 0.717) is 6.61 Å². The van der Waals surface area contributed by atoms with Gasteiger partial charge in [-0.05, 0) is 6.92 Å². The van der Waals surface area contributed by atoms with Crippen LogP contribution in [0.15, 0.2) is 0 Å². The SMILES string of the molecule is CCOC(C)=O.[O-][Cl+3]([O-])([O-])O. The number of hydrogen-bond acceptors (Lipinski definition) is 6. The van der Waals surface area contributed by atoms with Crippen LogP contribution < -0.4 is 14.0 Å². The van der Waals surface area contributed by atoms with Crippen LogP contribution in [0.2, 0.25) is 0 Å². The molecule has 0 rings (SSSR count). The molecular weight excluding hydrogens is 179 g/mol. The lowest BCUT2D eigenvalue weighted by Crippen LogP contribution is -2.58. The smallest absolute Gasteiger partial charge is 0.302 e. The standard InChI is InChI=1S/C4H8O2.ClHO4/c1-3-6-4(2)5;2-1(3,4)5/h3H2,1-2H3;(H,2,3,4,5). The van der Waals surface area contributed by atoms with Crippen molar-refractivity contribution in [2.75, 3.05) is 6.61 Å². The molecule has 0 saturated carbocycles. The van der Waals surface area contributed by atoms with E-state index in [2.05, 4.69) is 4.74 Å². The maximum absolute atomic E-state index is 9.82. The molecule has 0 unspecified atom stereocenters. The first kappa shape index (κ1) is 13.2. The molecule has 0 saturated heterocycles. The van der Waals surface area contributed by atoms with Gasteiger partial charge in [0, 0.05) is 6.92 Å².